The number of aliphatic hydroxyl groups excluding tert-OH is 1. The van der Waals surface area contributed by atoms with Crippen molar-refractivity contribution in [3.63, 3.8) is 0 Å². The molecule has 150 valence electrons. The Bertz CT molecular complexity index is 760. The van der Waals surface area contributed by atoms with Gasteiger partial charge in [0.1, 0.15) is 0 Å². The third-order valence-corrected chi connectivity index (χ3v) is 5.90. The molecule has 3 aromatic rings. The molecule has 0 amide bonds. The van der Waals surface area contributed by atoms with E-state index >= 15 is 0 Å². The molecule has 0 aliphatic heterocycles. The minimum Gasteiger partial charge on any atom is -0.481 e. The highest BCUT2D eigenvalue weighted by Gasteiger charge is 1.99. The molecule has 0 fully saturated rings. The highest BCUT2D eigenvalue weighted by Crippen LogP contribution is 2.23. The molecule has 0 aromatic heterocycles. The molecular formula is C21H24O5S2. The van der Waals surface area contributed by atoms with Crippen LogP contribution in [-0.4, -0.2) is 45.9 Å². The van der Waals surface area contributed by atoms with Crippen LogP contribution in [0.2, 0.25) is 0 Å². The third kappa shape index (κ3) is 9.12. The molecule has 0 heterocycles. The summed E-state index contributed by atoms with van der Waals surface area (Å²) in [6, 6.07) is 21.4. The summed E-state index contributed by atoms with van der Waals surface area (Å²) in [5, 5.41) is 28.7. The van der Waals surface area contributed by atoms with E-state index in [1.165, 1.54) is 43.1 Å². The monoisotopic (exact) mass is 420 g/mol. The molecular weight excluding hydrogens is 396 g/mol. The predicted molar refractivity (Wildman–Crippen MR) is 119 cm³/mol. The summed E-state index contributed by atoms with van der Waals surface area (Å²) in [6.45, 7) is 0. The molecule has 28 heavy (non-hydrogen) atoms. The van der Waals surface area contributed by atoms with E-state index in [1.54, 1.807) is 0 Å². The van der Waals surface area contributed by atoms with Crippen LogP contribution in [0, 0.1) is 0 Å². The van der Waals surface area contributed by atoms with Crippen molar-refractivity contribution in [3.8, 4) is 0 Å². The average Bonchev–Trinajstić information content (AvgIpc) is 2.70. The van der Waals surface area contributed by atoms with Crippen LogP contribution in [-0.2, 0) is 9.59 Å². The van der Waals surface area contributed by atoms with Crippen molar-refractivity contribution in [1.29, 1.82) is 0 Å². The molecule has 5 nitrogen and oxygen atoms in total. The Morgan fingerprint density at radius 1 is 0.679 bits per heavy atom. The van der Waals surface area contributed by atoms with Gasteiger partial charge in [-0.1, -0.05) is 70.1 Å². The van der Waals surface area contributed by atoms with Crippen LogP contribution in [0.25, 0.3) is 21.5 Å². The number of carboxylic acid groups (broad SMARTS) is 2. The van der Waals surface area contributed by atoms with Gasteiger partial charge in [-0.25, -0.2) is 0 Å². The Morgan fingerprint density at radius 2 is 0.964 bits per heavy atom. The molecule has 0 atom stereocenters. The molecule has 0 aliphatic rings. The minimum absolute atomic E-state index is 0.130. The first-order chi connectivity index (χ1) is 13.6. The van der Waals surface area contributed by atoms with E-state index in [1.807, 2.05) is 0 Å². The fraction of sp³-hybridized carbons (Fsp3) is 0.238. The summed E-state index contributed by atoms with van der Waals surface area (Å²) in [4.78, 5) is 20.0. The lowest BCUT2D eigenvalue weighted by Gasteiger charge is -2.00. The number of aliphatic carboxylic acids is 2. The quantitative estimate of drug-likeness (QED) is 0.284. The molecule has 0 unspecified atom stereocenters. The van der Waals surface area contributed by atoms with Gasteiger partial charge < -0.3 is 15.3 Å². The summed E-state index contributed by atoms with van der Waals surface area (Å²) >= 11 is 0. The lowest BCUT2D eigenvalue weighted by atomic mass is 10.0. The summed E-state index contributed by atoms with van der Waals surface area (Å²) in [5.74, 6) is -0.582. The van der Waals surface area contributed by atoms with Gasteiger partial charge in [0.15, 0.2) is 0 Å². The summed E-state index contributed by atoms with van der Waals surface area (Å²) < 4.78 is 0. The first-order valence-corrected chi connectivity index (χ1v) is 11.1. The van der Waals surface area contributed by atoms with Crippen LogP contribution in [0.15, 0.2) is 60.7 Å². The maximum Gasteiger partial charge on any atom is 0.304 e. The zero-order valence-electron chi connectivity index (χ0n) is 15.6. The molecule has 3 aromatic carbocycles. The Kier molecular flexibility index (Phi) is 11.8. The summed E-state index contributed by atoms with van der Waals surface area (Å²) in [7, 11) is 3.79. The fourth-order valence-corrected chi connectivity index (χ4v) is 4.22. The van der Waals surface area contributed by atoms with Crippen molar-refractivity contribution in [2.24, 2.45) is 0 Å². The van der Waals surface area contributed by atoms with Crippen molar-refractivity contribution < 1.29 is 24.9 Å². The molecule has 0 saturated heterocycles. The van der Waals surface area contributed by atoms with Crippen molar-refractivity contribution >= 4 is 55.1 Å². The topological polar surface area (TPSA) is 94.8 Å². The van der Waals surface area contributed by atoms with E-state index in [0.717, 1.165) is 7.11 Å². The maximum atomic E-state index is 10.0. The predicted octanol–water partition coefficient (Wildman–Crippen LogP) is 4.92. The van der Waals surface area contributed by atoms with E-state index in [9.17, 15) is 9.59 Å². The van der Waals surface area contributed by atoms with Gasteiger partial charge in [-0.3, -0.25) is 9.59 Å². The zero-order valence-corrected chi connectivity index (χ0v) is 17.2. The Morgan fingerprint density at radius 3 is 1.21 bits per heavy atom. The Balaban J connectivity index is 0.000000262. The van der Waals surface area contributed by atoms with Crippen LogP contribution < -0.4 is 0 Å². The number of hydrogen-bond acceptors (Lipinski definition) is 5. The molecule has 0 spiro atoms. The molecule has 0 bridgehead atoms. The van der Waals surface area contributed by atoms with Gasteiger partial charge in [-0.2, -0.15) is 0 Å². The second-order valence-corrected chi connectivity index (χ2v) is 8.18. The van der Waals surface area contributed by atoms with Crippen molar-refractivity contribution in [2.45, 2.75) is 12.8 Å². The van der Waals surface area contributed by atoms with E-state index < -0.39 is 11.9 Å². The molecule has 3 N–H and O–H groups in total. The van der Waals surface area contributed by atoms with E-state index in [0.29, 0.717) is 11.5 Å². The zero-order chi connectivity index (χ0) is 20.8. The number of rotatable bonds is 7. The lowest BCUT2D eigenvalue weighted by Crippen LogP contribution is -1.96. The van der Waals surface area contributed by atoms with Crippen LogP contribution >= 0.6 is 21.6 Å². The van der Waals surface area contributed by atoms with E-state index in [2.05, 4.69) is 60.7 Å². The van der Waals surface area contributed by atoms with Crippen molar-refractivity contribution in [2.75, 3.05) is 18.6 Å². The molecule has 0 saturated carbocycles. The minimum atomic E-state index is -0.818. The van der Waals surface area contributed by atoms with Gasteiger partial charge in [0.05, 0.1) is 12.8 Å². The van der Waals surface area contributed by atoms with E-state index in [-0.39, 0.29) is 12.8 Å². The molecule has 3 rings (SSSR count). The van der Waals surface area contributed by atoms with Crippen molar-refractivity contribution in [3.05, 3.63) is 60.7 Å². The van der Waals surface area contributed by atoms with Gasteiger partial charge in [-0.05, 0) is 33.7 Å². The first-order valence-electron chi connectivity index (χ1n) is 8.56. The second-order valence-electron chi connectivity index (χ2n) is 5.48. The number of carbonyl (C=O) groups is 2. The van der Waals surface area contributed by atoms with Gasteiger partial charge in [0.25, 0.3) is 0 Å². The van der Waals surface area contributed by atoms with Crippen LogP contribution in [0.5, 0.6) is 0 Å². The molecule has 0 radical (unpaired) electrons. The van der Waals surface area contributed by atoms with Gasteiger partial charge in [0.2, 0.25) is 0 Å². The number of fused-ring (bicyclic) bond motifs is 2. The third-order valence-electron chi connectivity index (χ3n) is 3.50. The summed E-state index contributed by atoms with van der Waals surface area (Å²) in [5.41, 5.74) is 0. The average molecular weight is 421 g/mol. The number of carboxylic acids is 2. The second kappa shape index (κ2) is 13.9. The van der Waals surface area contributed by atoms with Gasteiger partial charge in [-0.15, -0.1) is 0 Å². The van der Waals surface area contributed by atoms with Crippen molar-refractivity contribution in [1.82, 2.24) is 0 Å². The standard InChI is InChI=1S/C14H10.C6H10O4S2.CH4O/c1-2-6-12-10-14-8-4-3-7-13(14)9-11(12)5-1;7-5(8)1-3-11-12-4-2-6(9)10;1-2/h1-10H;1-4H2,(H,7,8)(H,9,10);2H,1H3. The van der Waals surface area contributed by atoms with Gasteiger partial charge >= 0.3 is 11.9 Å². The number of benzene rings is 3. The van der Waals surface area contributed by atoms with Crippen LogP contribution in [0.4, 0.5) is 0 Å². The Labute approximate surface area is 172 Å². The SMILES string of the molecule is CO.O=C(O)CCSSCCC(=O)O.c1ccc2cc3ccccc3cc2c1. The van der Waals surface area contributed by atoms with Gasteiger partial charge in [0, 0.05) is 18.6 Å². The van der Waals surface area contributed by atoms with Crippen LogP contribution in [0.1, 0.15) is 12.8 Å². The fourth-order valence-electron chi connectivity index (χ4n) is 2.26. The summed E-state index contributed by atoms with van der Waals surface area (Å²) in [6.07, 6.45) is 0.259. The molecule has 0 aliphatic carbocycles. The maximum absolute atomic E-state index is 10.0. The Hall–Kier alpha value is -2.22. The number of aliphatic hydroxyl groups is 1. The molecule has 7 heteroatoms. The highest BCUT2D eigenvalue weighted by atomic mass is 33.1. The first kappa shape index (κ1) is 23.8. The normalized spacial score (nSPS) is 9.79. The van der Waals surface area contributed by atoms with Crippen LogP contribution in [0.3, 0.4) is 0 Å². The highest BCUT2D eigenvalue weighted by molar-refractivity contribution is 8.76. The smallest absolute Gasteiger partial charge is 0.304 e. The number of hydrogen-bond donors (Lipinski definition) is 3. The van der Waals surface area contributed by atoms with E-state index in [4.69, 9.17) is 15.3 Å². The largest absolute Gasteiger partial charge is 0.481 e. The lowest BCUT2D eigenvalue weighted by molar-refractivity contribution is -0.137.